The fraction of sp³-hybridized carbons (Fsp3) is 0.471. The molecule has 0 aliphatic rings. The van der Waals surface area contributed by atoms with Crippen molar-refractivity contribution >= 4 is 16.7 Å². The van der Waals surface area contributed by atoms with Crippen LogP contribution in [0.3, 0.4) is 0 Å². The molecular formula is C17H25N3. The molecule has 0 unspecified atom stereocenters. The van der Waals surface area contributed by atoms with E-state index in [-0.39, 0.29) is 5.54 Å². The number of nitrogens with one attached hydrogen (secondary N) is 1. The number of fused-ring (bicyclic) bond motifs is 1. The molecule has 0 saturated heterocycles. The van der Waals surface area contributed by atoms with Crippen molar-refractivity contribution in [1.82, 2.24) is 10.3 Å². The molecule has 1 aromatic carbocycles. The number of rotatable bonds is 5. The van der Waals surface area contributed by atoms with E-state index in [0.717, 1.165) is 24.3 Å². The SMILES string of the molecule is CCC(C)(C)N(C)c1nc2ccccc2cc1CNC. The van der Waals surface area contributed by atoms with Crippen LogP contribution in [-0.4, -0.2) is 24.6 Å². The second-order valence-corrected chi connectivity index (χ2v) is 5.92. The van der Waals surface area contributed by atoms with Gasteiger partial charge in [0, 0.05) is 30.1 Å². The largest absolute Gasteiger partial charge is 0.354 e. The average molecular weight is 271 g/mol. The number of anilines is 1. The predicted molar refractivity (Wildman–Crippen MR) is 87.3 cm³/mol. The normalized spacial score (nSPS) is 11.8. The smallest absolute Gasteiger partial charge is 0.133 e. The van der Waals surface area contributed by atoms with Gasteiger partial charge in [0.25, 0.3) is 0 Å². The molecule has 0 spiro atoms. The maximum absolute atomic E-state index is 4.89. The van der Waals surface area contributed by atoms with Crippen molar-refractivity contribution in [2.45, 2.75) is 39.3 Å². The maximum atomic E-state index is 4.89. The van der Waals surface area contributed by atoms with Gasteiger partial charge >= 0.3 is 0 Å². The summed E-state index contributed by atoms with van der Waals surface area (Å²) in [6, 6.07) is 10.6. The summed E-state index contributed by atoms with van der Waals surface area (Å²) in [6.45, 7) is 7.56. The minimum absolute atomic E-state index is 0.0952. The summed E-state index contributed by atoms with van der Waals surface area (Å²) in [5.74, 6) is 1.07. The molecule has 2 aromatic rings. The highest BCUT2D eigenvalue weighted by Gasteiger charge is 2.24. The Kier molecular flexibility index (Phi) is 4.29. The van der Waals surface area contributed by atoms with Gasteiger partial charge < -0.3 is 10.2 Å². The molecule has 0 aliphatic carbocycles. The van der Waals surface area contributed by atoms with Crippen molar-refractivity contribution < 1.29 is 0 Å². The van der Waals surface area contributed by atoms with Crippen LogP contribution < -0.4 is 10.2 Å². The van der Waals surface area contributed by atoms with Crippen molar-refractivity contribution in [1.29, 1.82) is 0 Å². The van der Waals surface area contributed by atoms with E-state index >= 15 is 0 Å². The fourth-order valence-corrected chi connectivity index (χ4v) is 2.28. The van der Waals surface area contributed by atoms with Crippen LogP contribution >= 0.6 is 0 Å². The first-order valence-corrected chi connectivity index (χ1v) is 7.26. The summed E-state index contributed by atoms with van der Waals surface area (Å²) >= 11 is 0. The molecule has 0 radical (unpaired) electrons. The molecule has 108 valence electrons. The van der Waals surface area contributed by atoms with E-state index in [9.17, 15) is 0 Å². The average Bonchev–Trinajstić information content (AvgIpc) is 2.46. The third kappa shape index (κ3) is 2.78. The Morgan fingerprint density at radius 1 is 1.25 bits per heavy atom. The first kappa shape index (κ1) is 14.8. The lowest BCUT2D eigenvalue weighted by molar-refractivity contribution is 0.466. The maximum Gasteiger partial charge on any atom is 0.133 e. The van der Waals surface area contributed by atoms with Crippen LogP contribution in [0.2, 0.25) is 0 Å². The first-order chi connectivity index (χ1) is 9.49. The molecule has 20 heavy (non-hydrogen) atoms. The molecule has 0 atom stereocenters. The first-order valence-electron chi connectivity index (χ1n) is 7.26. The number of para-hydroxylation sites is 1. The molecule has 0 fully saturated rings. The van der Waals surface area contributed by atoms with E-state index in [1.54, 1.807) is 0 Å². The monoisotopic (exact) mass is 271 g/mol. The van der Waals surface area contributed by atoms with Gasteiger partial charge in [0.15, 0.2) is 0 Å². The molecular weight excluding hydrogens is 246 g/mol. The zero-order valence-electron chi connectivity index (χ0n) is 13.2. The van der Waals surface area contributed by atoms with Crippen LogP contribution in [0.1, 0.15) is 32.8 Å². The van der Waals surface area contributed by atoms with Gasteiger partial charge in [-0.2, -0.15) is 0 Å². The summed E-state index contributed by atoms with van der Waals surface area (Å²) in [5.41, 5.74) is 2.40. The fourth-order valence-electron chi connectivity index (χ4n) is 2.28. The van der Waals surface area contributed by atoms with Crippen molar-refractivity contribution in [3.05, 3.63) is 35.9 Å². The van der Waals surface area contributed by atoms with E-state index in [0.29, 0.717) is 0 Å². The van der Waals surface area contributed by atoms with Gasteiger partial charge in [0.1, 0.15) is 5.82 Å². The molecule has 3 nitrogen and oxygen atoms in total. The second-order valence-electron chi connectivity index (χ2n) is 5.92. The topological polar surface area (TPSA) is 28.2 Å². The summed E-state index contributed by atoms with van der Waals surface area (Å²) < 4.78 is 0. The zero-order chi connectivity index (χ0) is 14.8. The Morgan fingerprint density at radius 3 is 2.60 bits per heavy atom. The van der Waals surface area contributed by atoms with E-state index in [4.69, 9.17) is 4.98 Å². The van der Waals surface area contributed by atoms with Crippen LogP contribution in [0.25, 0.3) is 10.9 Å². The molecule has 0 bridgehead atoms. The van der Waals surface area contributed by atoms with E-state index in [1.807, 2.05) is 13.1 Å². The third-order valence-corrected chi connectivity index (χ3v) is 4.24. The van der Waals surface area contributed by atoms with Gasteiger partial charge in [-0.05, 0) is 39.4 Å². The zero-order valence-corrected chi connectivity index (χ0v) is 13.2. The van der Waals surface area contributed by atoms with Crippen LogP contribution in [0.4, 0.5) is 5.82 Å². The standard InChI is InChI=1S/C17H25N3/c1-6-17(2,3)20(5)16-14(12-18-4)11-13-9-7-8-10-15(13)19-16/h7-11,18H,6,12H2,1-5H3. The summed E-state index contributed by atoms with van der Waals surface area (Å²) in [7, 11) is 4.11. The Balaban J connectivity index is 2.57. The molecule has 1 heterocycles. The summed E-state index contributed by atoms with van der Waals surface area (Å²) in [6.07, 6.45) is 1.08. The molecule has 2 rings (SSSR count). The van der Waals surface area contributed by atoms with Crippen LogP contribution in [-0.2, 0) is 6.54 Å². The summed E-state index contributed by atoms with van der Waals surface area (Å²) in [5, 5.41) is 4.45. The Labute approximate surface area is 122 Å². The molecule has 1 aromatic heterocycles. The van der Waals surface area contributed by atoms with E-state index in [2.05, 4.69) is 62.3 Å². The van der Waals surface area contributed by atoms with Gasteiger partial charge in [-0.3, -0.25) is 0 Å². The van der Waals surface area contributed by atoms with Crippen LogP contribution in [0.5, 0.6) is 0 Å². The molecule has 0 amide bonds. The van der Waals surface area contributed by atoms with Crippen LogP contribution in [0, 0.1) is 0 Å². The number of pyridine rings is 1. The van der Waals surface area contributed by atoms with Gasteiger partial charge in [-0.25, -0.2) is 4.98 Å². The van der Waals surface area contributed by atoms with Gasteiger partial charge in [0.2, 0.25) is 0 Å². The number of hydrogen-bond donors (Lipinski definition) is 1. The number of nitrogens with zero attached hydrogens (tertiary/aromatic N) is 2. The van der Waals surface area contributed by atoms with E-state index in [1.165, 1.54) is 10.9 Å². The molecule has 0 aliphatic heterocycles. The molecule has 3 heteroatoms. The predicted octanol–water partition coefficient (Wildman–Crippen LogP) is 3.58. The Morgan fingerprint density at radius 2 is 1.95 bits per heavy atom. The highest BCUT2D eigenvalue weighted by Crippen LogP contribution is 2.29. The lowest BCUT2D eigenvalue weighted by Gasteiger charge is -2.37. The minimum atomic E-state index is 0.0952. The Hall–Kier alpha value is -1.61. The van der Waals surface area contributed by atoms with Crippen molar-refractivity contribution in [2.24, 2.45) is 0 Å². The minimum Gasteiger partial charge on any atom is -0.354 e. The molecule has 1 N–H and O–H groups in total. The van der Waals surface area contributed by atoms with Crippen molar-refractivity contribution in [2.75, 3.05) is 19.0 Å². The lowest BCUT2D eigenvalue weighted by atomic mass is 9.99. The number of aromatic nitrogens is 1. The number of benzene rings is 1. The van der Waals surface area contributed by atoms with Crippen LogP contribution in [0.15, 0.2) is 30.3 Å². The summed E-state index contributed by atoms with van der Waals surface area (Å²) in [4.78, 5) is 7.19. The quantitative estimate of drug-likeness (QED) is 0.901. The number of hydrogen-bond acceptors (Lipinski definition) is 3. The highest BCUT2D eigenvalue weighted by molar-refractivity contribution is 5.82. The lowest BCUT2D eigenvalue weighted by Crippen LogP contribution is -2.41. The van der Waals surface area contributed by atoms with Gasteiger partial charge in [0.05, 0.1) is 5.52 Å². The van der Waals surface area contributed by atoms with Crippen molar-refractivity contribution in [3.8, 4) is 0 Å². The second kappa shape index (κ2) is 5.80. The van der Waals surface area contributed by atoms with Crippen molar-refractivity contribution in [3.63, 3.8) is 0 Å². The van der Waals surface area contributed by atoms with E-state index < -0.39 is 0 Å². The van der Waals surface area contributed by atoms with Gasteiger partial charge in [-0.15, -0.1) is 0 Å². The molecule has 0 saturated carbocycles. The van der Waals surface area contributed by atoms with Gasteiger partial charge in [-0.1, -0.05) is 25.1 Å². The highest BCUT2D eigenvalue weighted by atomic mass is 15.2. The third-order valence-electron chi connectivity index (χ3n) is 4.24. The Bertz CT molecular complexity index is 590.